The molecule has 0 radical (unpaired) electrons. The largest absolute Gasteiger partial charge is 0.354 e. The number of nitrogens with zero attached hydrogens (tertiary/aromatic N) is 4. The monoisotopic (exact) mass is 420 g/mol. The topological polar surface area (TPSA) is 76.2 Å². The summed E-state index contributed by atoms with van der Waals surface area (Å²) in [6, 6.07) is 13.7. The summed E-state index contributed by atoms with van der Waals surface area (Å²) in [4.78, 5) is 16.2. The van der Waals surface area contributed by atoms with Crippen LogP contribution in [0.4, 0.5) is 0 Å². The standard InChI is InChI=1S/C24H32N6O/c1-17(14-22-18(2)28-29(5)19(22)3)27-24(25-4)26-15-20-9-11-21(12-10-20)16-30-13-7-6-8-23(30)31/h6-13,17H,14-16H2,1-5H3,(H2,25,26,27). The fourth-order valence-corrected chi connectivity index (χ4v) is 3.63. The van der Waals surface area contributed by atoms with Gasteiger partial charge in [-0.05, 0) is 49.9 Å². The predicted octanol–water partition coefficient (Wildman–Crippen LogP) is 2.54. The van der Waals surface area contributed by atoms with E-state index >= 15 is 0 Å². The van der Waals surface area contributed by atoms with Gasteiger partial charge in [0.25, 0.3) is 5.56 Å². The Morgan fingerprint density at radius 1 is 1.13 bits per heavy atom. The molecule has 0 aliphatic heterocycles. The SMILES string of the molecule is CN=C(NCc1ccc(Cn2ccccc2=O)cc1)NC(C)Cc1c(C)nn(C)c1C. The summed E-state index contributed by atoms with van der Waals surface area (Å²) in [5, 5.41) is 11.3. The number of guanidine groups is 1. The third kappa shape index (κ3) is 5.84. The number of aliphatic imine (C=N–C) groups is 1. The van der Waals surface area contributed by atoms with Gasteiger partial charge in [-0.25, -0.2) is 0 Å². The highest BCUT2D eigenvalue weighted by Gasteiger charge is 2.14. The highest BCUT2D eigenvalue weighted by Crippen LogP contribution is 2.14. The molecule has 0 spiro atoms. The van der Waals surface area contributed by atoms with Crippen molar-refractivity contribution in [2.45, 2.75) is 46.3 Å². The molecule has 2 N–H and O–H groups in total. The van der Waals surface area contributed by atoms with Crippen LogP contribution in [0.5, 0.6) is 0 Å². The van der Waals surface area contributed by atoms with E-state index in [9.17, 15) is 4.79 Å². The van der Waals surface area contributed by atoms with Crippen LogP contribution in [0.1, 0.15) is 35.0 Å². The van der Waals surface area contributed by atoms with E-state index in [0.717, 1.165) is 29.2 Å². The number of hydrogen-bond acceptors (Lipinski definition) is 3. The van der Waals surface area contributed by atoms with Crippen LogP contribution in [0.15, 0.2) is 58.4 Å². The molecule has 2 heterocycles. The summed E-state index contributed by atoms with van der Waals surface area (Å²) >= 11 is 0. The maximum Gasteiger partial charge on any atom is 0.250 e. The molecule has 0 aliphatic rings. The van der Waals surface area contributed by atoms with Crippen LogP contribution in [0.2, 0.25) is 0 Å². The number of benzene rings is 1. The second-order valence-electron chi connectivity index (χ2n) is 7.93. The van der Waals surface area contributed by atoms with Crippen molar-refractivity contribution in [3.05, 3.63) is 87.1 Å². The fraction of sp³-hybridized carbons (Fsp3) is 0.375. The van der Waals surface area contributed by atoms with Crippen molar-refractivity contribution >= 4 is 5.96 Å². The van der Waals surface area contributed by atoms with Crippen molar-refractivity contribution in [3.63, 3.8) is 0 Å². The highest BCUT2D eigenvalue weighted by atomic mass is 16.1. The second kappa shape index (κ2) is 10.1. The molecule has 1 unspecified atom stereocenters. The number of nitrogens with one attached hydrogen (secondary N) is 2. The minimum atomic E-state index is 0.00825. The lowest BCUT2D eigenvalue weighted by Gasteiger charge is -2.18. The van der Waals surface area contributed by atoms with Crippen LogP contribution in [0, 0.1) is 13.8 Å². The zero-order valence-electron chi connectivity index (χ0n) is 19.0. The summed E-state index contributed by atoms with van der Waals surface area (Å²) in [5.74, 6) is 0.770. The van der Waals surface area contributed by atoms with E-state index in [2.05, 4.69) is 65.8 Å². The molecule has 0 bridgehead atoms. The Balaban J connectivity index is 1.53. The first-order valence-corrected chi connectivity index (χ1v) is 10.6. The molecule has 31 heavy (non-hydrogen) atoms. The molecule has 164 valence electrons. The molecule has 7 heteroatoms. The third-order valence-electron chi connectivity index (χ3n) is 5.51. The predicted molar refractivity (Wildman–Crippen MR) is 125 cm³/mol. The molecule has 0 fully saturated rings. The van der Waals surface area contributed by atoms with E-state index in [-0.39, 0.29) is 11.6 Å². The maximum atomic E-state index is 11.9. The summed E-state index contributed by atoms with van der Waals surface area (Å²) in [6.45, 7) is 7.55. The van der Waals surface area contributed by atoms with Crippen LogP contribution in [-0.2, 0) is 26.6 Å². The fourth-order valence-electron chi connectivity index (χ4n) is 3.63. The van der Waals surface area contributed by atoms with Crippen LogP contribution < -0.4 is 16.2 Å². The Hall–Kier alpha value is -3.35. The van der Waals surface area contributed by atoms with Gasteiger partial charge >= 0.3 is 0 Å². The van der Waals surface area contributed by atoms with Gasteiger partial charge in [-0.1, -0.05) is 30.3 Å². The smallest absolute Gasteiger partial charge is 0.250 e. The normalized spacial score (nSPS) is 12.6. The van der Waals surface area contributed by atoms with Gasteiger partial charge in [0.05, 0.1) is 12.2 Å². The molecule has 0 saturated heterocycles. The Labute approximate surface area is 183 Å². The highest BCUT2D eigenvalue weighted by molar-refractivity contribution is 5.79. The van der Waals surface area contributed by atoms with E-state index in [4.69, 9.17) is 0 Å². The first kappa shape index (κ1) is 22.3. The number of rotatable bonds is 7. The van der Waals surface area contributed by atoms with Gasteiger partial charge in [0.2, 0.25) is 0 Å². The summed E-state index contributed by atoms with van der Waals surface area (Å²) in [5.41, 5.74) is 5.82. The van der Waals surface area contributed by atoms with Gasteiger partial charge in [-0.15, -0.1) is 0 Å². The van der Waals surface area contributed by atoms with E-state index in [1.807, 2.05) is 24.0 Å². The van der Waals surface area contributed by atoms with Crippen LogP contribution in [0.25, 0.3) is 0 Å². The average Bonchev–Trinajstić information content (AvgIpc) is 2.99. The molecule has 3 aromatic rings. The Kier molecular flexibility index (Phi) is 7.28. The van der Waals surface area contributed by atoms with Gasteiger partial charge < -0.3 is 15.2 Å². The van der Waals surface area contributed by atoms with Crippen molar-refractivity contribution in [1.29, 1.82) is 0 Å². The molecule has 7 nitrogen and oxygen atoms in total. The van der Waals surface area contributed by atoms with Crippen molar-refractivity contribution in [2.24, 2.45) is 12.0 Å². The number of hydrogen-bond donors (Lipinski definition) is 2. The van der Waals surface area contributed by atoms with Crippen molar-refractivity contribution < 1.29 is 0 Å². The molecule has 0 saturated carbocycles. The first-order chi connectivity index (χ1) is 14.9. The average molecular weight is 421 g/mol. The summed E-state index contributed by atoms with van der Waals surface area (Å²) in [6.07, 6.45) is 2.70. The molecule has 3 rings (SSSR count). The van der Waals surface area contributed by atoms with E-state index in [1.54, 1.807) is 23.7 Å². The lowest BCUT2D eigenvalue weighted by Crippen LogP contribution is -2.42. The van der Waals surface area contributed by atoms with Gasteiger partial charge in [0, 0.05) is 44.6 Å². The van der Waals surface area contributed by atoms with E-state index in [1.165, 1.54) is 11.3 Å². The van der Waals surface area contributed by atoms with E-state index < -0.39 is 0 Å². The van der Waals surface area contributed by atoms with Crippen LogP contribution in [-0.4, -0.2) is 33.4 Å². The zero-order valence-corrected chi connectivity index (χ0v) is 19.0. The lowest BCUT2D eigenvalue weighted by molar-refractivity contribution is 0.635. The molecular formula is C24H32N6O. The molecular weight excluding hydrogens is 388 g/mol. The Bertz CT molecular complexity index is 1090. The van der Waals surface area contributed by atoms with Gasteiger partial charge in [-0.3, -0.25) is 14.5 Å². The zero-order chi connectivity index (χ0) is 22.4. The maximum absolute atomic E-state index is 11.9. The van der Waals surface area contributed by atoms with Crippen LogP contribution in [0.3, 0.4) is 0 Å². The second-order valence-corrected chi connectivity index (χ2v) is 7.93. The van der Waals surface area contributed by atoms with Gasteiger partial charge in [0.1, 0.15) is 0 Å². The van der Waals surface area contributed by atoms with Crippen molar-refractivity contribution in [1.82, 2.24) is 25.0 Å². The Morgan fingerprint density at radius 3 is 2.45 bits per heavy atom. The third-order valence-corrected chi connectivity index (χ3v) is 5.51. The quantitative estimate of drug-likeness (QED) is 0.455. The minimum Gasteiger partial charge on any atom is -0.354 e. The van der Waals surface area contributed by atoms with Crippen molar-refractivity contribution in [2.75, 3.05) is 7.05 Å². The molecule has 1 atom stereocenters. The Morgan fingerprint density at radius 2 is 1.84 bits per heavy atom. The number of pyridine rings is 1. The van der Waals surface area contributed by atoms with E-state index in [0.29, 0.717) is 13.1 Å². The molecule has 1 aromatic carbocycles. The lowest BCUT2D eigenvalue weighted by atomic mass is 10.1. The number of aryl methyl sites for hydroxylation is 2. The molecule has 2 aromatic heterocycles. The van der Waals surface area contributed by atoms with Crippen LogP contribution >= 0.6 is 0 Å². The molecule has 0 aliphatic carbocycles. The number of aromatic nitrogens is 3. The summed E-state index contributed by atoms with van der Waals surface area (Å²) in [7, 11) is 3.76. The first-order valence-electron chi connectivity index (χ1n) is 10.6. The summed E-state index contributed by atoms with van der Waals surface area (Å²) < 4.78 is 3.63. The minimum absolute atomic E-state index is 0.00825. The van der Waals surface area contributed by atoms with Crippen molar-refractivity contribution in [3.8, 4) is 0 Å². The van der Waals surface area contributed by atoms with Gasteiger partial charge in [0.15, 0.2) is 5.96 Å². The van der Waals surface area contributed by atoms with Gasteiger partial charge in [-0.2, -0.15) is 5.10 Å². The molecule has 0 amide bonds.